The van der Waals surface area contributed by atoms with Crippen molar-refractivity contribution in [3.63, 3.8) is 0 Å². The van der Waals surface area contributed by atoms with Crippen LogP contribution < -0.4 is 15.4 Å². The molecule has 0 aliphatic heterocycles. The Morgan fingerprint density at radius 1 is 0.933 bits per heavy atom. The number of hydrogen-bond donors (Lipinski definition) is 2. The van der Waals surface area contributed by atoms with Gasteiger partial charge in [0.05, 0.1) is 11.1 Å². The third kappa shape index (κ3) is 5.11. The quantitative estimate of drug-likeness (QED) is 0.421. The van der Waals surface area contributed by atoms with Crippen LogP contribution in [0.3, 0.4) is 0 Å². The van der Waals surface area contributed by atoms with Gasteiger partial charge in [-0.15, -0.1) is 22.7 Å². The Balaban J connectivity index is 1.34. The second-order valence-electron chi connectivity index (χ2n) is 6.19. The highest BCUT2D eigenvalue weighted by atomic mass is 32.1. The fourth-order valence-electron chi connectivity index (χ4n) is 2.62. The number of rotatable bonds is 7. The van der Waals surface area contributed by atoms with Crippen LogP contribution in [0.4, 0.5) is 11.4 Å². The normalized spacial score (nSPS) is 10.4. The van der Waals surface area contributed by atoms with E-state index in [1.54, 1.807) is 53.9 Å². The fraction of sp³-hybridized carbons (Fsp3) is 0.0455. The first-order valence-corrected chi connectivity index (χ1v) is 10.8. The Morgan fingerprint density at radius 3 is 2.57 bits per heavy atom. The van der Waals surface area contributed by atoms with Gasteiger partial charge in [0.1, 0.15) is 15.6 Å². The van der Waals surface area contributed by atoms with Gasteiger partial charge in [0.15, 0.2) is 6.61 Å². The van der Waals surface area contributed by atoms with Gasteiger partial charge in [-0.2, -0.15) is 0 Å². The number of thiazole rings is 1. The first-order chi connectivity index (χ1) is 14.7. The van der Waals surface area contributed by atoms with Crippen LogP contribution in [0.1, 0.15) is 9.67 Å². The number of amides is 2. The molecule has 2 aromatic heterocycles. The molecule has 0 aliphatic carbocycles. The van der Waals surface area contributed by atoms with Crippen LogP contribution in [-0.2, 0) is 4.79 Å². The zero-order valence-corrected chi connectivity index (χ0v) is 17.3. The predicted molar refractivity (Wildman–Crippen MR) is 120 cm³/mol. The van der Waals surface area contributed by atoms with Crippen molar-refractivity contribution >= 4 is 45.9 Å². The van der Waals surface area contributed by atoms with Gasteiger partial charge in [-0.1, -0.05) is 30.3 Å². The van der Waals surface area contributed by atoms with E-state index < -0.39 is 0 Å². The molecule has 0 spiro atoms. The Bertz CT molecular complexity index is 1140. The molecule has 0 saturated carbocycles. The first-order valence-electron chi connectivity index (χ1n) is 9.06. The van der Waals surface area contributed by atoms with Crippen molar-refractivity contribution in [3.8, 4) is 15.6 Å². The summed E-state index contributed by atoms with van der Waals surface area (Å²) in [5, 5.41) is 8.39. The summed E-state index contributed by atoms with van der Waals surface area (Å²) in [5.74, 6) is -0.0183. The smallest absolute Gasteiger partial charge is 0.267 e. The SMILES string of the molecule is O=C(COc1cccc(NC(=O)c2cnc(-c3cccs3)s2)c1)Nc1ccccc1. The maximum atomic E-state index is 12.5. The number of ether oxygens (including phenoxy) is 1. The molecule has 0 atom stereocenters. The number of hydrogen-bond acceptors (Lipinski definition) is 6. The predicted octanol–water partition coefficient (Wildman–Crippen LogP) is 5.14. The molecule has 8 heteroatoms. The summed E-state index contributed by atoms with van der Waals surface area (Å²) in [5.41, 5.74) is 1.28. The number of aromatic nitrogens is 1. The molecule has 0 radical (unpaired) electrons. The van der Waals surface area contributed by atoms with E-state index >= 15 is 0 Å². The van der Waals surface area contributed by atoms with Crippen LogP contribution in [0.15, 0.2) is 78.3 Å². The van der Waals surface area contributed by atoms with Crippen molar-refractivity contribution in [2.75, 3.05) is 17.2 Å². The zero-order valence-electron chi connectivity index (χ0n) is 15.7. The van der Waals surface area contributed by atoms with Gasteiger partial charge in [-0.3, -0.25) is 9.59 Å². The summed E-state index contributed by atoms with van der Waals surface area (Å²) in [6.07, 6.45) is 1.57. The summed E-state index contributed by atoms with van der Waals surface area (Å²) >= 11 is 2.92. The van der Waals surface area contributed by atoms with E-state index in [2.05, 4.69) is 15.6 Å². The molecule has 0 aliphatic rings. The van der Waals surface area contributed by atoms with Crippen LogP contribution >= 0.6 is 22.7 Å². The number of thiophene rings is 1. The van der Waals surface area contributed by atoms with Crippen molar-refractivity contribution in [1.29, 1.82) is 0 Å². The topological polar surface area (TPSA) is 80.3 Å². The molecule has 150 valence electrons. The van der Waals surface area contributed by atoms with Crippen molar-refractivity contribution in [3.05, 3.63) is 83.2 Å². The average Bonchev–Trinajstić information content (AvgIpc) is 3.45. The van der Waals surface area contributed by atoms with Crippen LogP contribution in [0, 0.1) is 0 Å². The summed E-state index contributed by atoms with van der Waals surface area (Å²) in [6, 6.07) is 20.0. The van der Waals surface area contributed by atoms with E-state index in [9.17, 15) is 9.59 Å². The van der Waals surface area contributed by atoms with E-state index in [1.807, 2.05) is 35.7 Å². The third-order valence-corrected chi connectivity index (χ3v) is 6.02. The molecule has 0 unspecified atom stereocenters. The fourth-order valence-corrected chi connectivity index (χ4v) is 4.23. The molecule has 2 heterocycles. The molecule has 0 fully saturated rings. The minimum atomic E-state index is -0.263. The lowest BCUT2D eigenvalue weighted by Crippen LogP contribution is -2.20. The Morgan fingerprint density at radius 2 is 1.77 bits per heavy atom. The molecule has 0 saturated heterocycles. The highest BCUT2D eigenvalue weighted by Gasteiger charge is 2.13. The van der Waals surface area contributed by atoms with E-state index in [0.29, 0.717) is 22.0 Å². The standard InChI is InChI=1S/C22H17N3O3S2/c26-20(24-15-6-2-1-3-7-15)14-28-17-9-4-8-16(12-17)25-21(27)19-13-23-22(30-19)18-10-5-11-29-18/h1-13H,14H2,(H,24,26)(H,25,27). The second-order valence-corrected chi connectivity index (χ2v) is 8.17. The lowest BCUT2D eigenvalue weighted by molar-refractivity contribution is -0.118. The molecule has 4 aromatic rings. The molecular formula is C22H17N3O3S2. The van der Waals surface area contributed by atoms with Gasteiger partial charge < -0.3 is 15.4 Å². The van der Waals surface area contributed by atoms with Gasteiger partial charge in [-0.05, 0) is 35.7 Å². The monoisotopic (exact) mass is 435 g/mol. The maximum absolute atomic E-state index is 12.5. The highest BCUT2D eigenvalue weighted by molar-refractivity contribution is 7.22. The lowest BCUT2D eigenvalue weighted by atomic mass is 10.3. The van der Waals surface area contributed by atoms with Gasteiger partial charge in [0, 0.05) is 17.4 Å². The Labute approximate surface area is 181 Å². The van der Waals surface area contributed by atoms with Gasteiger partial charge >= 0.3 is 0 Å². The molecular weight excluding hydrogens is 418 g/mol. The molecule has 2 N–H and O–H groups in total. The molecule has 0 bridgehead atoms. The highest BCUT2D eigenvalue weighted by Crippen LogP contribution is 2.29. The summed E-state index contributed by atoms with van der Waals surface area (Å²) in [4.78, 5) is 30.4. The van der Waals surface area contributed by atoms with Gasteiger partial charge in [0.25, 0.3) is 11.8 Å². The number of carbonyl (C=O) groups excluding carboxylic acids is 2. The number of nitrogens with one attached hydrogen (secondary N) is 2. The van der Waals surface area contributed by atoms with Crippen LogP contribution in [-0.4, -0.2) is 23.4 Å². The minimum Gasteiger partial charge on any atom is -0.484 e. The molecule has 4 rings (SSSR count). The Hall–Kier alpha value is -3.49. The van der Waals surface area contributed by atoms with Crippen LogP contribution in [0.2, 0.25) is 0 Å². The van der Waals surface area contributed by atoms with Crippen LogP contribution in [0.25, 0.3) is 9.88 Å². The maximum Gasteiger partial charge on any atom is 0.267 e. The van der Waals surface area contributed by atoms with Crippen molar-refractivity contribution in [2.45, 2.75) is 0 Å². The number of para-hydroxylation sites is 1. The Kier molecular flexibility index (Phi) is 6.17. The van der Waals surface area contributed by atoms with E-state index in [-0.39, 0.29) is 18.4 Å². The van der Waals surface area contributed by atoms with Crippen molar-refractivity contribution in [2.24, 2.45) is 0 Å². The first kappa shape index (κ1) is 19.8. The summed E-state index contributed by atoms with van der Waals surface area (Å²) in [6.45, 7) is -0.134. The average molecular weight is 436 g/mol. The summed E-state index contributed by atoms with van der Waals surface area (Å²) in [7, 11) is 0. The zero-order chi connectivity index (χ0) is 20.8. The second kappa shape index (κ2) is 9.34. The van der Waals surface area contributed by atoms with Gasteiger partial charge in [-0.25, -0.2) is 4.98 Å². The number of benzene rings is 2. The van der Waals surface area contributed by atoms with Crippen LogP contribution in [0.5, 0.6) is 5.75 Å². The van der Waals surface area contributed by atoms with E-state index in [4.69, 9.17) is 4.74 Å². The third-order valence-electron chi connectivity index (χ3n) is 3.98. The number of carbonyl (C=O) groups is 2. The number of anilines is 2. The van der Waals surface area contributed by atoms with E-state index in [1.165, 1.54) is 11.3 Å². The largest absolute Gasteiger partial charge is 0.484 e. The summed E-state index contributed by atoms with van der Waals surface area (Å²) < 4.78 is 5.55. The van der Waals surface area contributed by atoms with Crippen molar-refractivity contribution in [1.82, 2.24) is 4.98 Å². The molecule has 2 aromatic carbocycles. The number of nitrogens with zero attached hydrogens (tertiary/aromatic N) is 1. The van der Waals surface area contributed by atoms with E-state index in [0.717, 1.165) is 9.88 Å². The molecule has 2 amide bonds. The molecule has 30 heavy (non-hydrogen) atoms. The lowest BCUT2D eigenvalue weighted by Gasteiger charge is -2.09. The molecule has 6 nitrogen and oxygen atoms in total. The minimum absolute atomic E-state index is 0.134. The van der Waals surface area contributed by atoms with Gasteiger partial charge in [0.2, 0.25) is 0 Å². The van der Waals surface area contributed by atoms with Crippen molar-refractivity contribution < 1.29 is 14.3 Å².